The molecule has 32 heavy (non-hydrogen) atoms. The number of hydrogen-bond acceptors (Lipinski definition) is 4. The van der Waals surface area contributed by atoms with Crippen molar-refractivity contribution in [2.75, 3.05) is 0 Å². The lowest BCUT2D eigenvalue weighted by atomic mass is 9.85. The molecule has 1 aromatic heterocycles. The molecule has 1 heterocycles. The first-order valence-electron chi connectivity index (χ1n) is 10.0. The predicted molar refractivity (Wildman–Crippen MR) is 126 cm³/mol. The van der Waals surface area contributed by atoms with Gasteiger partial charge in [-0.25, -0.2) is 5.43 Å². The molecule has 0 radical (unpaired) electrons. The van der Waals surface area contributed by atoms with Gasteiger partial charge in [-0.15, -0.1) is 0 Å². The summed E-state index contributed by atoms with van der Waals surface area (Å²) in [6.45, 7) is 1.93. The first kappa shape index (κ1) is 21.6. The Morgan fingerprint density at radius 2 is 1.59 bits per heavy atom. The summed E-state index contributed by atoms with van der Waals surface area (Å²) in [6.07, 6.45) is 1.38. The van der Waals surface area contributed by atoms with Gasteiger partial charge in [0.1, 0.15) is 11.5 Å². The quantitative estimate of drug-likeness (QED) is 0.313. The zero-order valence-electron chi connectivity index (χ0n) is 17.3. The molecule has 0 unspecified atom stereocenters. The van der Waals surface area contributed by atoms with Gasteiger partial charge in [0.15, 0.2) is 5.60 Å². The average molecular weight is 445 g/mol. The maximum Gasteiger partial charge on any atom is 0.281 e. The molecule has 1 amide bonds. The van der Waals surface area contributed by atoms with Crippen molar-refractivity contribution in [2.24, 2.45) is 5.10 Å². The number of hydrazone groups is 1. The summed E-state index contributed by atoms with van der Waals surface area (Å²) >= 11 is 6.19. The summed E-state index contributed by atoms with van der Waals surface area (Å²) in [5, 5.41) is 16.0. The normalized spacial score (nSPS) is 11.6. The second-order valence-electron chi connectivity index (χ2n) is 7.31. The number of aliphatic hydroxyl groups is 1. The van der Waals surface area contributed by atoms with Crippen LogP contribution in [0.25, 0.3) is 11.3 Å². The third-order valence-corrected chi connectivity index (χ3v) is 5.56. The van der Waals surface area contributed by atoms with E-state index in [9.17, 15) is 9.90 Å². The van der Waals surface area contributed by atoms with E-state index in [1.165, 1.54) is 6.21 Å². The molecule has 0 fully saturated rings. The Balaban J connectivity index is 1.54. The van der Waals surface area contributed by atoms with Crippen molar-refractivity contribution in [3.8, 4) is 11.3 Å². The van der Waals surface area contributed by atoms with Crippen LogP contribution in [0, 0.1) is 6.92 Å². The van der Waals surface area contributed by atoms with Gasteiger partial charge in [0.05, 0.1) is 6.21 Å². The van der Waals surface area contributed by atoms with Gasteiger partial charge in [-0.3, -0.25) is 4.79 Å². The first-order valence-corrected chi connectivity index (χ1v) is 10.4. The minimum Gasteiger partial charge on any atom is -0.455 e. The van der Waals surface area contributed by atoms with Crippen molar-refractivity contribution in [3.63, 3.8) is 0 Å². The molecule has 0 spiro atoms. The molecule has 0 saturated heterocycles. The van der Waals surface area contributed by atoms with Crippen LogP contribution in [0.1, 0.15) is 22.5 Å². The van der Waals surface area contributed by atoms with Gasteiger partial charge in [-0.2, -0.15) is 5.10 Å². The number of halogens is 1. The lowest BCUT2D eigenvalue weighted by Gasteiger charge is -2.26. The van der Waals surface area contributed by atoms with Crippen molar-refractivity contribution < 1.29 is 14.3 Å². The number of aryl methyl sites for hydroxylation is 1. The van der Waals surface area contributed by atoms with Crippen LogP contribution in [0.3, 0.4) is 0 Å². The highest BCUT2D eigenvalue weighted by atomic mass is 35.5. The van der Waals surface area contributed by atoms with Crippen LogP contribution < -0.4 is 5.43 Å². The molecule has 0 bridgehead atoms. The van der Waals surface area contributed by atoms with Crippen molar-refractivity contribution in [3.05, 3.63) is 118 Å². The molecule has 0 aliphatic heterocycles. The summed E-state index contributed by atoms with van der Waals surface area (Å²) in [6, 6.07) is 26.7. The van der Waals surface area contributed by atoms with Gasteiger partial charge >= 0.3 is 0 Å². The fraction of sp³-hybridized carbons (Fsp3) is 0.0769. The van der Waals surface area contributed by atoms with Crippen LogP contribution in [0.5, 0.6) is 0 Å². The van der Waals surface area contributed by atoms with Crippen molar-refractivity contribution >= 4 is 23.7 Å². The lowest BCUT2D eigenvalue weighted by Crippen LogP contribution is -2.43. The minimum atomic E-state index is -1.90. The van der Waals surface area contributed by atoms with Crippen LogP contribution in [0.4, 0.5) is 0 Å². The highest BCUT2D eigenvalue weighted by Gasteiger charge is 2.39. The molecular formula is C26H21ClN2O3. The fourth-order valence-electron chi connectivity index (χ4n) is 3.35. The average Bonchev–Trinajstić information content (AvgIpc) is 3.30. The fourth-order valence-corrected chi connectivity index (χ4v) is 3.53. The molecule has 0 atom stereocenters. The van der Waals surface area contributed by atoms with Gasteiger partial charge in [0, 0.05) is 10.6 Å². The molecule has 0 saturated carbocycles. The number of nitrogens with zero attached hydrogens (tertiary/aromatic N) is 1. The number of carbonyl (C=O) groups is 1. The van der Waals surface area contributed by atoms with Crippen LogP contribution in [-0.2, 0) is 10.4 Å². The predicted octanol–water partition coefficient (Wildman–Crippen LogP) is 5.29. The molecule has 3 aromatic carbocycles. The Morgan fingerprint density at radius 3 is 2.19 bits per heavy atom. The third-order valence-electron chi connectivity index (χ3n) is 5.15. The molecule has 160 valence electrons. The van der Waals surface area contributed by atoms with Gasteiger partial charge in [0.25, 0.3) is 5.91 Å². The zero-order valence-corrected chi connectivity index (χ0v) is 18.1. The lowest BCUT2D eigenvalue weighted by molar-refractivity contribution is -0.136. The van der Waals surface area contributed by atoms with Crippen LogP contribution in [0.15, 0.2) is 101 Å². The first-order chi connectivity index (χ1) is 15.5. The number of nitrogens with one attached hydrogen (secondary N) is 1. The monoisotopic (exact) mass is 444 g/mol. The maximum absolute atomic E-state index is 13.0. The van der Waals surface area contributed by atoms with E-state index in [0.29, 0.717) is 27.7 Å². The van der Waals surface area contributed by atoms with Gasteiger partial charge in [0.2, 0.25) is 0 Å². The van der Waals surface area contributed by atoms with Crippen LogP contribution >= 0.6 is 11.6 Å². The highest BCUT2D eigenvalue weighted by Crippen LogP contribution is 2.30. The number of furan rings is 1. The summed E-state index contributed by atoms with van der Waals surface area (Å²) < 4.78 is 5.78. The summed E-state index contributed by atoms with van der Waals surface area (Å²) in [5.74, 6) is 0.396. The Labute approximate surface area is 191 Å². The number of hydrogen-bond donors (Lipinski definition) is 2. The Hall–Kier alpha value is -3.67. The smallest absolute Gasteiger partial charge is 0.281 e. The van der Waals surface area contributed by atoms with E-state index in [1.807, 2.05) is 37.3 Å². The van der Waals surface area contributed by atoms with Crippen molar-refractivity contribution in [1.82, 2.24) is 5.43 Å². The zero-order chi connectivity index (χ0) is 22.6. The molecule has 2 N–H and O–H groups in total. The van der Waals surface area contributed by atoms with Gasteiger partial charge < -0.3 is 9.52 Å². The van der Waals surface area contributed by atoms with Gasteiger partial charge in [-0.05, 0) is 41.8 Å². The van der Waals surface area contributed by atoms with Gasteiger partial charge in [-0.1, -0.05) is 84.4 Å². The van der Waals surface area contributed by atoms with Crippen LogP contribution in [0.2, 0.25) is 5.02 Å². The van der Waals surface area contributed by atoms with Crippen molar-refractivity contribution in [1.29, 1.82) is 0 Å². The Kier molecular flexibility index (Phi) is 6.21. The molecular weight excluding hydrogens is 424 g/mol. The second-order valence-corrected chi connectivity index (χ2v) is 7.71. The van der Waals surface area contributed by atoms with Crippen molar-refractivity contribution in [2.45, 2.75) is 12.5 Å². The second kappa shape index (κ2) is 9.22. The molecule has 4 rings (SSSR count). The molecule has 0 aliphatic rings. The van der Waals surface area contributed by atoms with E-state index < -0.39 is 11.5 Å². The van der Waals surface area contributed by atoms with Crippen LogP contribution in [-0.4, -0.2) is 17.2 Å². The SMILES string of the molecule is Cc1ccc(-c2ccc(C=NNC(=O)C(O)(c3ccccc3)c3ccccc3)o2)cc1Cl. The van der Waals surface area contributed by atoms with E-state index in [4.69, 9.17) is 16.0 Å². The third kappa shape index (κ3) is 4.35. The van der Waals surface area contributed by atoms with E-state index in [-0.39, 0.29) is 0 Å². The number of rotatable bonds is 6. The Morgan fingerprint density at radius 1 is 0.969 bits per heavy atom. The van der Waals surface area contributed by atoms with E-state index in [0.717, 1.165) is 11.1 Å². The topological polar surface area (TPSA) is 74.8 Å². The largest absolute Gasteiger partial charge is 0.455 e. The van der Waals surface area contributed by atoms with E-state index in [2.05, 4.69) is 10.5 Å². The summed E-state index contributed by atoms with van der Waals surface area (Å²) in [5.41, 5.74) is 3.24. The molecule has 5 nitrogen and oxygen atoms in total. The standard InChI is InChI=1S/C26H21ClN2O3/c1-18-12-13-19(16-23(18)27)24-15-14-22(32-24)17-28-29-25(30)26(31,20-8-4-2-5-9-20)21-10-6-3-7-11-21/h2-17,31H,1H3,(H,29,30). The number of benzene rings is 3. The van der Waals surface area contributed by atoms with E-state index >= 15 is 0 Å². The summed E-state index contributed by atoms with van der Waals surface area (Å²) in [7, 11) is 0. The molecule has 6 heteroatoms. The maximum atomic E-state index is 13.0. The minimum absolute atomic E-state index is 0.440. The molecule has 0 aliphatic carbocycles. The number of carbonyl (C=O) groups excluding carboxylic acids is 1. The number of amides is 1. The highest BCUT2D eigenvalue weighted by molar-refractivity contribution is 6.31. The Bertz CT molecular complexity index is 1210. The molecule has 4 aromatic rings. The van der Waals surface area contributed by atoms with E-state index in [1.54, 1.807) is 60.7 Å². The summed E-state index contributed by atoms with van der Waals surface area (Å²) in [4.78, 5) is 13.0.